The summed E-state index contributed by atoms with van der Waals surface area (Å²) in [5.74, 6) is -0.217. The minimum atomic E-state index is -0.297. The second-order valence-electron chi connectivity index (χ2n) is 4.59. The lowest BCUT2D eigenvalue weighted by molar-refractivity contribution is -0.144. The number of carbonyl (C=O) groups excluding carboxylic acids is 2. The lowest BCUT2D eigenvalue weighted by Crippen LogP contribution is -2.09. The Labute approximate surface area is 115 Å². The molecule has 0 saturated heterocycles. The standard InChI is InChI=1S/C16H22O3/c1-3-5-13-6-8-14(9-7-13)12-15(17)10-11-16(18)19-4-2/h6-9H,3-5,10-12H2,1-2H3. The van der Waals surface area contributed by atoms with E-state index in [0.29, 0.717) is 13.0 Å². The highest BCUT2D eigenvalue weighted by Crippen LogP contribution is 2.09. The maximum Gasteiger partial charge on any atom is 0.306 e. The zero-order chi connectivity index (χ0) is 14.1. The van der Waals surface area contributed by atoms with Crippen molar-refractivity contribution in [3.63, 3.8) is 0 Å². The van der Waals surface area contributed by atoms with Crippen LogP contribution in [0.2, 0.25) is 0 Å². The molecule has 3 nitrogen and oxygen atoms in total. The number of rotatable bonds is 8. The second-order valence-corrected chi connectivity index (χ2v) is 4.59. The van der Waals surface area contributed by atoms with Gasteiger partial charge in [0, 0.05) is 12.8 Å². The van der Waals surface area contributed by atoms with Gasteiger partial charge in [0.2, 0.25) is 0 Å². The van der Waals surface area contributed by atoms with Crippen molar-refractivity contribution in [3.05, 3.63) is 35.4 Å². The maximum atomic E-state index is 11.7. The van der Waals surface area contributed by atoms with E-state index >= 15 is 0 Å². The number of ether oxygens (including phenoxy) is 1. The fourth-order valence-corrected chi connectivity index (χ4v) is 1.90. The van der Waals surface area contributed by atoms with Crippen LogP contribution in [0.25, 0.3) is 0 Å². The Morgan fingerprint density at radius 1 is 1.00 bits per heavy atom. The molecule has 0 bridgehead atoms. The molecule has 1 aromatic rings. The van der Waals surface area contributed by atoms with Gasteiger partial charge in [-0.2, -0.15) is 0 Å². The van der Waals surface area contributed by atoms with Crippen LogP contribution in [-0.4, -0.2) is 18.4 Å². The third-order valence-electron chi connectivity index (χ3n) is 2.88. The Balaban J connectivity index is 2.37. The minimum absolute atomic E-state index is 0.0799. The van der Waals surface area contributed by atoms with Gasteiger partial charge in [0.15, 0.2) is 0 Å². The predicted molar refractivity (Wildman–Crippen MR) is 75.0 cm³/mol. The number of hydrogen-bond donors (Lipinski definition) is 0. The van der Waals surface area contributed by atoms with E-state index in [1.807, 2.05) is 12.1 Å². The van der Waals surface area contributed by atoms with Crippen molar-refractivity contribution in [2.24, 2.45) is 0 Å². The highest BCUT2D eigenvalue weighted by molar-refractivity contribution is 5.84. The molecule has 0 radical (unpaired) electrons. The molecule has 0 atom stereocenters. The van der Waals surface area contributed by atoms with Gasteiger partial charge < -0.3 is 4.74 Å². The molecule has 0 aromatic heterocycles. The van der Waals surface area contributed by atoms with Crippen LogP contribution in [0, 0.1) is 0 Å². The Morgan fingerprint density at radius 3 is 2.21 bits per heavy atom. The molecule has 0 unspecified atom stereocenters. The van der Waals surface area contributed by atoms with E-state index in [1.165, 1.54) is 5.56 Å². The van der Waals surface area contributed by atoms with Crippen LogP contribution in [-0.2, 0) is 27.2 Å². The topological polar surface area (TPSA) is 43.4 Å². The van der Waals surface area contributed by atoms with E-state index < -0.39 is 0 Å². The fraction of sp³-hybridized carbons (Fsp3) is 0.500. The smallest absolute Gasteiger partial charge is 0.306 e. The van der Waals surface area contributed by atoms with Crippen molar-refractivity contribution >= 4 is 11.8 Å². The lowest BCUT2D eigenvalue weighted by atomic mass is 10.0. The van der Waals surface area contributed by atoms with Crippen LogP contribution in [0.1, 0.15) is 44.2 Å². The summed E-state index contributed by atoms with van der Waals surface area (Å²) < 4.78 is 4.79. The molecule has 0 aliphatic heterocycles. The van der Waals surface area contributed by atoms with Gasteiger partial charge in [0.05, 0.1) is 13.0 Å². The molecule has 104 valence electrons. The molecule has 19 heavy (non-hydrogen) atoms. The first kappa shape index (κ1) is 15.4. The van der Waals surface area contributed by atoms with Gasteiger partial charge in [0.1, 0.15) is 5.78 Å². The van der Waals surface area contributed by atoms with Crippen LogP contribution >= 0.6 is 0 Å². The van der Waals surface area contributed by atoms with Gasteiger partial charge in [-0.05, 0) is 24.5 Å². The number of hydrogen-bond acceptors (Lipinski definition) is 3. The van der Waals surface area contributed by atoms with Gasteiger partial charge in [-0.1, -0.05) is 37.6 Å². The Morgan fingerprint density at radius 2 is 1.63 bits per heavy atom. The molecule has 0 spiro atoms. The summed E-state index contributed by atoms with van der Waals surface area (Å²) in [7, 11) is 0. The summed E-state index contributed by atoms with van der Waals surface area (Å²) in [6, 6.07) is 8.12. The van der Waals surface area contributed by atoms with Crippen molar-refractivity contribution in [2.75, 3.05) is 6.61 Å². The van der Waals surface area contributed by atoms with Gasteiger partial charge in [-0.25, -0.2) is 0 Å². The number of esters is 1. The van der Waals surface area contributed by atoms with Crippen molar-refractivity contribution in [2.45, 2.75) is 46.0 Å². The van der Waals surface area contributed by atoms with Gasteiger partial charge in [-0.15, -0.1) is 0 Å². The molecule has 1 rings (SSSR count). The van der Waals surface area contributed by atoms with E-state index in [1.54, 1.807) is 6.92 Å². The third-order valence-corrected chi connectivity index (χ3v) is 2.88. The quantitative estimate of drug-likeness (QED) is 0.676. The summed E-state index contributed by atoms with van der Waals surface area (Å²) >= 11 is 0. The molecule has 1 aromatic carbocycles. The summed E-state index contributed by atoms with van der Waals surface area (Å²) in [6.45, 7) is 4.27. The molecule has 0 amide bonds. The predicted octanol–water partition coefficient (Wildman–Crippen LogP) is 3.09. The Hall–Kier alpha value is -1.64. The van der Waals surface area contributed by atoms with Crippen molar-refractivity contribution in [1.29, 1.82) is 0 Å². The largest absolute Gasteiger partial charge is 0.466 e. The van der Waals surface area contributed by atoms with Gasteiger partial charge in [0.25, 0.3) is 0 Å². The fourth-order valence-electron chi connectivity index (χ4n) is 1.90. The van der Waals surface area contributed by atoms with Crippen molar-refractivity contribution in [1.82, 2.24) is 0 Å². The summed E-state index contributed by atoms with van der Waals surface area (Å²) in [4.78, 5) is 22.9. The van der Waals surface area contributed by atoms with E-state index in [0.717, 1.165) is 18.4 Å². The Kier molecular flexibility index (Phi) is 6.86. The molecular weight excluding hydrogens is 240 g/mol. The highest BCUT2D eigenvalue weighted by atomic mass is 16.5. The second kappa shape index (κ2) is 8.46. The van der Waals surface area contributed by atoms with E-state index in [4.69, 9.17) is 4.74 Å². The van der Waals surface area contributed by atoms with E-state index in [9.17, 15) is 9.59 Å². The first-order valence-corrected chi connectivity index (χ1v) is 6.90. The zero-order valence-electron chi connectivity index (χ0n) is 11.8. The van der Waals surface area contributed by atoms with Crippen molar-refractivity contribution in [3.8, 4) is 0 Å². The SMILES string of the molecule is CCCc1ccc(CC(=O)CCC(=O)OCC)cc1. The number of ketones is 1. The average molecular weight is 262 g/mol. The average Bonchev–Trinajstić information content (AvgIpc) is 2.39. The maximum absolute atomic E-state index is 11.7. The van der Waals surface area contributed by atoms with Crippen LogP contribution < -0.4 is 0 Å². The summed E-state index contributed by atoms with van der Waals surface area (Å²) in [5.41, 5.74) is 2.30. The summed E-state index contributed by atoms with van der Waals surface area (Å²) in [6.07, 6.45) is 3.02. The van der Waals surface area contributed by atoms with Crippen molar-refractivity contribution < 1.29 is 14.3 Å². The molecule has 0 aliphatic carbocycles. The van der Waals surface area contributed by atoms with Crippen LogP contribution in [0.15, 0.2) is 24.3 Å². The first-order chi connectivity index (χ1) is 9.15. The normalized spacial score (nSPS) is 10.2. The lowest BCUT2D eigenvalue weighted by Gasteiger charge is -2.04. The van der Waals surface area contributed by atoms with Gasteiger partial charge >= 0.3 is 5.97 Å². The van der Waals surface area contributed by atoms with Gasteiger partial charge in [-0.3, -0.25) is 9.59 Å². The molecule has 0 aliphatic rings. The van der Waals surface area contributed by atoms with Crippen LogP contribution in [0.4, 0.5) is 0 Å². The molecule has 0 saturated carbocycles. The molecule has 0 N–H and O–H groups in total. The van der Waals surface area contributed by atoms with E-state index in [2.05, 4.69) is 19.1 Å². The minimum Gasteiger partial charge on any atom is -0.466 e. The monoisotopic (exact) mass is 262 g/mol. The highest BCUT2D eigenvalue weighted by Gasteiger charge is 2.08. The number of Topliss-reactive ketones (excluding diaryl/α,β-unsaturated/α-hetero) is 1. The third kappa shape index (κ3) is 6.18. The van der Waals surface area contributed by atoms with Crippen LogP contribution in [0.5, 0.6) is 0 Å². The molecule has 3 heteroatoms. The van der Waals surface area contributed by atoms with E-state index in [-0.39, 0.29) is 24.6 Å². The number of benzene rings is 1. The Bertz CT molecular complexity index is 407. The molecule has 0 heterocycles. The van der Waals surface area contributed by atoms with Crippen LogP contribution in [0.3, 0.4) is 0 Å². The molecule has 0 fully saturated rings. The first-order valence-electron chi connectivity index (χ1n) is 6.90. The zero-order valence-corrected chi connectivity index (χ0v) is 11.8. The molecular formula is C16H22O3. The summed E-state index contributed by atoms with van der Waals surface area (Å²) in [5, 5.41) is 0. The number of carbonyl (C=O) groups is 2. The number of aryl methyl sites for hydroxylation is 1.